The molecule has 3 aromatic rings. The van der Waals surface area contributed by atoms with Crippen LogP contribution < -0.4 is 4.74 Å². The van der Waals surface area contributed by atoms with Crippen molar-refractivity contribution in [2.24, 2.45) is 0 Å². The number of para-hydroxylation sites is 2. The Balaban J connectivity index is 2.24. The topological polar surface area (TPSA) is 62.3 Å². The van der Waals surface area contributed by atoms with Crippen LogP contribution in [0.1, 0.15) is 12.5 Å². The molecule has 3 rings (SSSR count). The lowest BCUT2D eigenvalue weighted by Crippen LogP contribution is -2.02. The number of aromatic amines is 1. The van der Waals surface area contributed by atoms with Gasteiger partial charge in [0.15, 0.2) is 0 Å². The first-order valence-corrected chi connectivity index (χ1v) is 7.24. The molecule has 0 aliphatic heterocycles. The summed E-state index contributed by atoms with van der Waals surface area (Å²) in [5.41, 5.74) is 3.42. The molecule has 0 radical (unpaired) electrons. The maximum atomic E-state index is 11.3. The number of fused-ring (bicyclic) bond motifs is 1. The molecule has 0 amide bonds. The van der Waals surface area contributed by atoms with Crippen molar-refractivity contribution < 1.29 is 14.6 Å². The Labute approximate surface area is 128 Å². The van der Waals surface area contributed by atoms with Crippen LogP contribution >= 0.6 is 0 Å². The van der Waals surface area contributed by atoms with Gasteiger partial charge < -0.3 is 14.8 Å². The predicted molar refractivity (Wildman–Crippen MR) is 86.2 cm³/mol. The lowest BCUT2D eigenvalue weighted by atomic mass is 10.0. The number of carbonyl (C=O) groups is 1. The lowest BCUT2D eigenvalue weighted by Gasteiger charge is -2.10. The van der Waals surface area contributed by atoms with E-state index in [2.05, 4.69) is 4.98 Å². The number of H-pyrrole nitrogens is 1. The zero-order valence-electron chi connectivity index (χ0n) is 12.3. The molecular formula is C18H17NO3. The third-order valence-corrected chi connectivity index (χ3v) is 3.60. The van der Waals surface area contributed by atoms with Crippen molar-refractivity contribution in [3.63, 3.8) is 0 Å². The highest BCUT2D eigenvalue weighted by Gasteiger charge is 2.18. The van der Waals surface area contributed by atoms with E-state index in [1.54, 1.807) is 0 Å². The van der Waals surface area contributed by atoms with Gasteiger partial charge in [0.1, 0.15) is 5.75 Å². The van der Waals surface area contributed by atoms with Crippen molar-refractivity contribution >= 4 is 16.9 Å². The van der Waals surface area contributed by atoms with Gasteiger partial charge in [0.25, 0.3) is 0 Å². The van der Waals surface area contributed by atoms with E-state index < -0.39 is 5.97 Å². The van der Waals surface area contributed by atoms with Gasteiger partial charge in [0.05, 0.1) is 18.7 Å². The Hall–Kier alpha value is -2.75. The molecule has 1 aromatic heterocycles. The summed E-state index contributed by atoms with van der Waals surface area (Å²) in [6, 6.07) is 15.4. The van der Waals surface area contributed by atoms with E-state index >= 15 is 0 Å². The third kappa shape index (κ3) is 2.55. The van der Waals surface area contributed by atoms with Crippen molar-refractivity contribution in [2.75, 3.05) is 6.61 Å². The number of aromatic nitrogens is 1. The van der Waals surface area contributed by atoms with Crippen LogP contribution in [0.5, 0.6) is 5.75 Å². The van der Waals surface area contributed by atoms with Gasteiger partial charge in [-0.1, -0.05) is 30.3 Å². The SMILES string of the molecule is CCOc1ccccc1-c1[nH]c2ccccc2c1CC(=O)O. The number of rotatable bonds is 5. The number of nitrogens with one attached hydrogen (secondary N) is 1. The van der Waals surface area contributed by atoms with Gasteiger partial charge in [-0.15, -0.1) is 0 Å². The molecule has 0 spiro atoms. The van der Waals surface area contributed by atoms with Gasteiger partial charge in [-0.2, -0.15) is 0 Å². The van der Waals surface area contributed by atoms with Crippen LogP contribution in [0.25, 0.3) is 22.2 Å². The molecule has 0 aliphatic carbocycles. The molecule has 0 bridgehead atoms. The van der Waals surface area contributed by atoms with Gasteiger partial charge in [-0.05, 0) is 30.7 Å². The minimum Gasteiger partial charge on any atom is -0.493 e. The normalized spacial score (nSPS) is 10.8. The summed E-state index contributed by atoms with van der Waals surface area (Å²) < 4.78 is 5.68. The summed E-state index contributed by atoms with van der Waals surface area (Å²) >= 11 is 0. The third-order valence-electron chi connectivity index (χ3n) is 3.60. The number of benzene rings is 2. The van der Waals surface area contributed by atoms with Crippen LogP contribution in [0.4, 0.5) is 0 Å². The first kappa shape index (κ1) is 14.2. The van der Waals surface area contributed by atoms with E-state index in [9.17, 15) is 9.90 Å². The number of ether oxygens (including phenoxy) is 1. The smallest absolute Gasteiger partial charge is 0.307 e. The summed E-state index contributed by atoms with van der Waals surface area (Å²) in [5, 5.41) is 10.2. The van der Waals surface area contributed by atoms with Crippen molar-refractivity contribution in [3.8, 4) is 17.0 Å². The minimum atomic E-state index is -0.847. The fourth-order valence-electron chi connectivity index (χ4n) is 2.72. The van der Waals surface area contributed by atoms with E-state index in [4.69, 9.17) is 4.74 Å². The van der Waals surface area contributed by atoms with Crippen LogP contribution in [0.15, 0.2) is 48.5 Å². The number of carboxylic acid groups (broad SMARTS) is 1. The summed E-state index contributed by atoms with van der Waals surface area (Å²) in [6.45, 7) is 2.49. The summed E-state index contributed by atoms with van der Waals surface area (Å²) in [7, 11) is 0. The van der Waals surface area contributed by atoms with Crippen LogP contribution in [-0.2, 0) is 11.2 Å². The molecule has 112 valence electrons. The number of hydrogen-bond donors (Lipinski definition) is 2. The summed E-state index contributed by atoms with van der Waals surface area (Å²) in [4.78, 5) is 14.6. The van der Waals surface area contributed by atoms with Gasteiger partial charge in [-0.3, -0.25) is 4.79 Å². The molecule has 2 aromatic carbocycles. The molecule has 22 heavy (non-hydrogen) atoms. The Bertz CT molecular complexity index is 820. The van der Waals surface area contributed by atoms with Gasteiger partial charge in [0, 0.05) is 16.5 Å². The van der Waals surface area contributed by atoms with Gasteiger partial charge >= 0.3 is 5.97 Å². The van der Waals surface area contributed by atoms with Crippen molar-refractivity contribution in [1.82, 2.24) is 4.98 Å². The zero-order valence-corrected chi connectivity index (χ0v) is 12.3. The van der Waals surface area contributed by atoms with Gasteiger partial charge in [0.2, 0.25) is 0 Å². The molecule has 0 fully saturated rings. The highest BCUT2D eigenvalue weighted by atomic mass is 16.5. The van der Waals surface area contributed by atoms with Crippen molar-refractivity contribution in [2.45, 2.75) is 13.3 Å². The van der Waals surface area contributed by atoms with Crippen molar-refractivity contribution in [3.05, 3.63) is 54.1 Å². The maximum Gasteiger partial charge on any atom is 0.307 e. The largest absolute Gasteiger partial charge is 0.493 e. The number of hydrogen-bond acceptors (Lipinski definition) is 2. The zero-order chi connectivity index (χ0) is 15.5. The summed E-state index contributed by atoms with van der Waals surface area (Å²) in [5.74, 6) is -0.0944. The molecule has 4 heteroatoms. The molecule has 4 nitrogen and oxygen atoms in total. The molecule has 2 N–H and O–H groups in total. The molecular weight excluding hydrogens is 278 g/mol. The van der Waals surface area contributed by atoms with Crippen LogP contribution in [0.3, 0.4) is 0 Å². The predicted octanol–water partition coefficient (Wildman–Crippen LogP) is 3.86. The Morgan fingerprint density at radius 2 is 1.86 bits per heavy atom. The fraction of sp³-hybridized carbons (Fsp3) is 0.167. The first-order chi connectivity index (χ1) is 10.7. The van der Waals surface area contributed by atoms with E-state index in [0.29, 0.717) is 6.61 Å². The average Bonchev–Trinajstić information content (AvgIpc) is 2.86. The molecule has 0 aliphatic rings. The molecule has 0 saturated heterocycles. The van der Waals surface area contributed by atoms with E-state index in [-0.39, 0.29) is 6.42 Å². The Morgan fingerprint density at radius 3 is 2.64 bits per heavy atom. The molecule has 0 atom stereocenters. The second-order valence-electron chi connectivity index (χ2n) is 5.02. The highest BCUT2D eigenvalue weighted by molar-refractivity contribution is 5.94. The second-order valence-corrected chi connectivity index (χ2v) is 5.02. The summed E-state index contributed by atoms with van der Waals surface area (Å²) in [6.07, 6.45) is -0.0280. The number of aliphatic carboxylic acids is 1. The quantitative estimate of drug-likeness (QED) is 0.751. The minimum absolute atomic E-state index is 0.0280. The molecule has 0 unspecified atom stereocenters. The second kappa shape index (κ2) is 5.93. The lowest BCUT2D eigenvalue weighted by molar-refractivity contribution is -0.136. The molecule has 1 heterocycles. The van der Waals surface area contributed by atoms with E-state index in [1.807, 2.05) is 55.5 Å². The first-order valence-electron chi connectivity index (χ1n) is 7.24. The van der Waals surface area contributed by atoms with Crippen molar-refractivity contribution in [1.29, 1.82) is 0 Å². The molecule has 0 saturated carbocycles. The van der Waals surface area contributed by atoms with Crippen LogP contribution in [-0.4, -0.2) is 22.7 Å². The monoisotopic (exact) mass is 295 g/mol. The van der Waals surface area contributed by atoms with Gasteiger partial charge in [-0.25, -0.2) is 0 Å². The highest BCUT2D eigenvalue weighted by Crippen LogP contribution is 2.35. The van der Waals surface area contributed by atoms with E-state index in [1.165, 1.54) is 0 Å². The number of carboxylic acids is 1. The fourth-order valence-corrected chi connectivity index (χ4v) is 2.72. The Kier molecular flexibility index (Phi) is 3.83. The standard InChI is InChI=1S/C18H17NO3/c1-2-22-16-10-6-4-8-13(16)18-14(11-17(20)21)12-7-3-5-9-15(12)19-18/h3-10,19H,2,11H2,1H3,(H,20,21). The average molecular weight is 295 g/mol. The Morgan fingerprint density at radius 1 is 1.14 bits per heavy atom. The van der Waals surface area contributed by atoms with Crippen LogP contribution in [0, 0.1) is 0 Å². The van der Waals surface area contributed by atoms with Crippen LogP contribution in [0.2, 0.25) is 0 Å². The van der Waals surface area contributed by atoms with E-state index in [0.717, 1.165) is 33.5 Å². The maximum absolute atomic E-state index is 11.3.